The Kier molecular flexibility index (Phi) is 7.08. The minimum Gasteiger partial charge on any atom is -0.352 e. The summed E-state index contributed by atoms with van der Waals surface area (Å²) in [6.45, 7) is 3.98. The van der Waals surface area contributed by atoms with Gasteiger partial charge in [0.2, 0.25) is 0 Å². The fraction of sp³-hybridized carbons (Fsp3) is 0.500. The quantitative estimate of drug-likeness (QED) is 0.794. The Labute approximate surface area is 126 Å². The second kappa shape index (κ2) is 8.34. The minimum atomic E-state index is 0. The maximum atomic E-state index is 4.48. The van der Waals surface area contributed by atoms with E-state index < -0.39 is 0 Å². The van der Waals surface area contributed by atoms with Crippen molar-refractivity contribution in [2.24, 2.45) is 4.99 Å². The Hall–Kier alpha value is -0.780. The average molecular weight is 359 g/mol. The number of nitrogens with one attached hydrogen (secondary N) is 2. The van der Waals surface area contributed by atoms with Crippen molar-refractivity contribution in [3.8, 4) is 0 Å². The maximum absolute atomic E-state index is 4.48. The second-order valence-corrected chi connectivity index (χ2v) is 4.51. The molecule has 0 aromatic heterocycles. The van der Waals surface area contributed by atoms with E-state index in [0.717, 1.165) is 19.0 Å². The monoisotopic (exact) mass is 359 g/mol. The number of benzene rings is 1. The van der Waals surface area contributed by atoms with E-state index in [-0.39, 0.29) is 24.0 Å². The van der Waals surface area contributed by atoms with Gasteiger partial charge in [-0.25, -0.2) is 0 Å². The molecule has 3 nitrogen and oxygen atoms in total. The first-order chi connectivity index (χ1) is 8.38. The summed E-state index contributed by atoms with van der Waals surface area (Å²) in [5.41, 5.74) is 1.29. The Morgan fingerprint density at radius 2 is 2.11 bits per heavy atom. The van der Waals surface area contributed by atoms with Gasteiger partial charge < -0.3 is 10.6 Å². The van der Waals surface area contributed by atoms with Crippen LogP contribution in [0.3, 0.4) is 0 Å². The highest BCUT2D eigenvalue weighted by atomic mass is 127. The minimum absolute atomic E-state index is 0. The van der Waals surface area contributed by atoms with Gasteiger partial charge >= 0.3 is 0 Å². The number of hydrogen-bond acceptors (Lipinski definition) is 3. The van der Waals surface area contributed by atoms with Gasteiger partial charge in [-0.1, -0.05) is 50.1 Å². The number of halogens is 1. The molecular weight excluding hydrogens is 337 g/mol. The number of hydrogen-bond donors (Lipinski definition) is 2. The number of rotatable bonds is 5. The largest absolute Gasteiger partial charge is 0.352 e. The van der Waals surface area contributed by atoms with Crippen LogP contribution in [-0.4, -0.2) is 18.5 Å². The molecule has 1 aromatic rings. The number of guanidine groups is 1. The first-order valence-electron chi connectivity index (χ1n) is 6.47. The normalized spacial score (nSPS) is 17.6. The van der Waals surface area contributed by atoms with Crippen molar-refractivity contribution in [1.29, 1.82) is 0 Å². The highest BCUT2D eigenvalue weighted by Gasteiger charge is 2.15. The SMILES string of the molecule is CCCCC1CN=C(NCc2ccccc2)N1.I. The summed E-state index contributed by atoms with van der Waals surface area (Å²) in [7, 11) is 0. The van der Waals surface area contributed by atoms with Gasteiger partial charge in [0.15, 0.2) is 5.96 Å². The van der Waals surface area contributed by atoms with E-state index in [4.69, 9.17) is 0 Å². The fourth-order valence-electron chi connectivity index (χ4n) is 1.99. The zero-order valence-electron chi connectivity index (χ0n) is 10.9. The summed E-state index contributed by atoms with van der Waals surface area (Å²) in [6.07, 6.45) is 3.75. The first kappa shape index (κ1) is 15.3. The first-order valence-corrected chi connectivity index (χ1v) is 6.47. The van der Waals surface area contributed by atoms with Crippen molar-refractivity contribution in [1.82, 2.24) is 10.6 Å². The fourth-order valence-corrected chi connectivity index (χ4v) is 1.99. The molecule has 0 radical (unpaired) electrons. The molecule has 1 unspecified atom stereocenters. The topological polar surface area (TPSA) is 36.4 Å². The standard InChI is InChI=1S/C14H21N3.HI/c1-2-3-9-13-11-16-14(17-13)15-10-12-7-5-4-6-8-12;/h4-8,13H,2-3,9-11H2,1H3,(H2,15,16,17);1H. The van der Waals surface area contributed by atoms with Crippen LogP contribution in [0.4, 0.5) is 0 Å². The molecule has 2 N–H and O–H groups in total. The van der Waals surface area contributed by atoms with Crippen molar-refractivity contribution in [2.75, 3.05) is 6.54 Å². The Balaban J connectivity index is 0.00000162. The predicted molar refractivity (Wildman–Crippen MR) is 87.4 cm³/mol. The predicted octanol–water partition coefficient (Wildman–Crippen LogP) is 2.91. The van der Waals surface area contributed by atoms with Crippen LogP contribution in [-0.2, 0) is 6.54 Å². The molecule has 0 bridgehead atoms. The molecule has 4 heteroatoms. The zero-order chi connectivity index (χ0) is 11.9. The average Bonchev–Trinajstić information content (AvgIpc) is 2.83. The van der Waals surface area contributed by atoms with Crippen molar-refractivity contribution >= 4 is 29.9 Å². The molecule has 1 aliphatic rings. The van der Waals surface area contributed by atoms with Gasteiger partial charge in [-0.15, -0.1) is 24.0 Å². The Morgan fingerprint density at radius 1 is 1.33 bits per heavy atom. The molecule has 0 amide bonds. The second-order valence-electron chi connectivity index (χ2n) is 4.51. The third-order valence-corrected chi connectivity index (χ3v) is 3.02. The molecular formula is C14H22IN3. The Morgan fingerprint density at radius 3 is 2.83 bits per heavy atom. The summed E-state index contributed by atoms with van der Waals surface area (Å²) in [5.74, 6) is 0.954. The van der Waals surface area contributed by atoms with E-state index in [1.54, 1.807) is 0 Å². The third-order valence-electron chi connectivity index (χ3n) is 3.02. The van der Waals surface area contributed by atoms with E-state index in [1.165, 1.54) is 24.8 Å². The Bertz CT molecular complexity index is 365. The van der Waals surface area contributed by atoms with Crippen LogP contribution < -0.4 is 10.6 Å². The molecule has 0 spiro atoms. The molecule has 1 aliphatic heterocycles. The molecule has 1 aromatic carbocycles. The van der Waals surface area contributed by atoms with E-state index in [0.29, 0.717) is 6.04 Å². The van der Waals surface area contributed by atoms with Gasteiger partial charge in [-0.3, -0.25) is 4.99 Å². The summed E-state index contributed by atoms with van der Waals surface area (Å²) in [5, 5.41) is 6.78. The van der Waals surface area contributed by atoms with Crippen molar-refractivity contribution in [3.63, 3.8) is 0 Å². The van der Waals surface area contributed by atoms with Crippen molar-refractivity contribution in [2.45, 2.75) is 38.8 Å². The smallest absolute Gasteiger partial charge is 0.191 e. The zero-order valence-corrected chi connectivity index (χ0v) is 13.2. The molecule has 1 atom stereocenters. The van der Waals surface area contributed by atoms with Crippen LogP contribution in [0.25, 0.3) is 0 Å². The molecule has 1 heterocycles. The highest BCUT2D eigenvalue weighted by Crippen LogP contribution is 2.05. The lowest BCUT2D eigenvalue weighted by Gasteiger charge is -2.12. The van der Waals surface area contributed by atoms with Gasteiger partial charge in [0.25, 0.3) is 0 Å². The van der Waals surface area contributed by atoms with Crippen LogP contribution in [0.1, 0.15) is 31.7 Å². The van der Waals surface area contributed by atoms with Gasteiger partial charge in [0.1, 0.15) is 0 Å². The number of unbranched alkanes of at least 4 members (excludes halogenated alkanes) is 1. The van der Waals surface area contributed by atoms with Crippen molar-refractivity contribution < 1.29 is 0 Å². The summed E-state index contributed by atoms with van der Waals surface area (Å²) < 4.78 is 0. The van der Waals surface area contributed by atoms with Crippen molar-refractivity contribution in [3.05, 3.63) is 35.9 Å². The molecule has 0 fully saturated rings. The lowest BCUT2D eigenvalue weighted by atomic mass is 10.1. The third kappa shape index (κ3) is 4.84. The van der Waals surface area contributed by atoms with Gasteiger partial charge in [0.05, 0.1) is 6.54 Å². The van der Waals surface area contributed by atoms with Crippen LogP contribution in [0.2, 0.25) is 0 Å². The summed E-state index contributed by atoms with van der Waals surface area (Å²) >= 11 is 0. The van der Waals surface area contributed by atoms with Crippen LogP contribution in [0, 0.1) is 0 Å². The molecule has 0 aliphatic carbocycles. The molecule has 0 saturated heterocycles. The van der Waals surface area contributed by atoms with Crippen LogP contribution in [0.5, 0.6) is 0 Å². The lowest BCUT2D eigenvalue weighted by Crippen LogP contribution is -2.38. The van der Waals surface area contributed by atoms with Gasteiger partial charge in [-0.2, -0.15) is 0 Å². The summed E-state index contributed by atoms with van der Waals surface area (Å²) in [6, 6.07) is 10.9. The molecule has 2 rings (SSSR count). The molecule has 100 valence electrons. The maximum Gasteiger partial charge on any atom is 0.191 e. The molecule has 18 heavy (non-hydrogen) atoms. The lowest BCUT2D eigenvalue weighted by molar-refractivity contribution is 0.563. The molecule has 0 saturated carbocycles. The van der Waals surface area contributed by atoms with E-state index >= 15 is 0 Å². The number of aliphatic imine (C=N–C) groups is 1. The highest BCUT2D eigenvalue weighted by molar-refractivity contribution is 14.0. The van der Waals surface area contributed by atoms with E-state index in [1.807, 2.05) is 6.07 Å². The van der Waals surface area contributed by atoms with Gasteiger partial charge in [-0.05, 0) is 12.0 Å². The summed E-state index contributed by atoms with van der Waals surface area (Å²) in [4.78, 5) is 4.48. The number of nitrogens with zero attached hydrogens (tertiary/aromatic N) is 1. The van der Waals surface area contributed by atoms with Crippen LogP contribution >= 0.6 is 24.0 Å². The van der Waals surface area contributed by atoms with Gasteiger partial charge in [0, 0.05) is 12.6 Å². The van der Waals surface area contributed by atoms with Crippen LogP contribution in [0.15, 0.2) is 35.3 Å². The van der Waals surface area contributed by atoms with E-state index in [9.17, 15) is 0 Å². The van der Waals surface area contributed by atoms with E-state index in [2.05, 4.69) is 46.8 Å².